The lowest BCUT2D eigenvalue weighted by Gasteiger charge is -2.18. The van der Waals surface area contributed by atoms with E-state index in [4.69, 9.17) is 16.3 Å². The van der Waals surface area contributed by atoms with Gasteiger partial charge in [-0.05, 0) is 11.5 Å². The fourth-order valence-electron chi connectivity index (χ4n) is 1.74. The minimum Gasteiger partial charge on any atom is -0.423 e. The molecule has 14 heavy (non-hydrogen) atoms. The van der Waals surface area contributed by atoms with Crippen LogP contribution in [0.15, 0.2) is 12.1 Å². The van der Waals surface area contributed by atoms with Crippen LogP contribution < -0.4 is 10.4 Å². The maximum atomic E-state index is 9.49. The molecule has 1 N–H and O–H groups in total. The summed E-state index contributed by atoms with van der Waals surface area (Å²) in [5, 5.41) is 10.2. The summed E-state index contributed by atoms with van der Waals surface area (Å²) in [6.45, 7) is 0.421. The molecule has 3 nitrogen and oxygen atoms in total. The van der Waals surface area contributed by atoms with Crippen molar-refractivity contribution in [2.45, 2.75) is 6.61 Å². The third-order valence-corrected chi connectivity index (χ3v) is 2.67. The van der Waals surface area contributed by atoms with Crippen molar-refractivity contribution in [1.82, 2.24) is 0 Å². The van der Waals surface area contributed by atoms with Crippen LogP contribution in [0.25, 0.3) is 0 Å². The maximum Gasteiger partial charge on any atom is 0.491 e. The van der Waals surface area contributed by atoms with Gasteiger partial charge >= 0.3 is 7.12 Å². The quantitative estimate of drug-likeness (QED) is 0.692. The molecule has 0 fully saturated rings. The van der Waals surface area contributed by atoms with Gasteiger partial charge in [0.1, 0.15) is 0 Å². The van der Waals surface area contributed by atoms with E-state index in [1.54, 1.807) is 6.07 Å². The van der Waals surface area contributed by atoms with Crippen LogP contribution in [0.2, 0.25) is 5.02 Å². The molecule has 1 aliphatic heterocycles. The highest BCUT2D eigenvalue weighted by molar-refractivity contribution is 6.62. The van der Waals surface area contributed by atoms with E-state index in [1.807, 2.05) is 25.1 Å². The molecule has 2 rings (SSSR count). The Morgan fingerprint density at radius 2 is 2.21 bits per heavy atom. The van der Waals surface area contributed by atoms with E-state index in [0.717, 1.165) is 16.7 Å². The van der Waals surface area contributed by atoms with Gasteiger partial charge in [0.15, 0.2) is 0 Å². The first kappa shape index (κ1) is 9.83. The molecule has 0 amide bonds. The van der Waals surface area contributed by atoms with Crippen LogP contribution in [0.3, 0.4) is 0 Å². The summed E-state index contributed by atoms with van der Waals surface area (Å²) in [6, 6.07) is 3.59. The Morgan fingerprint density at radius 3 is 2.86 bits per heavy atom. The van der Waals surface area contributed by atoms with E-state index >= 15 is 0 Å². The number of halogens is 1. The predicted octanol–water partition coefficient (Wildman–Crippen LogP) is 0.624. The van der Waals surface area contributed by atoms with Crippen molar-refractivity contribution in [1.29, 1.82) is 0 Å². The van der Waals surface area contributed by atoms with Crippen molar-refractivity contribution in [2.24, 2.45) is 0 Å². The van der Waals surface area contributed by atoms with Gasteiger partial charge in [-0.2, -0.15) is 0 Å². The van der Waals surface area contributed by atoms with Crippen LogP contribution in [0.4, 0.5) is 5.69 Å². The van der Waals surface area contributed by atoms with E-state index in [2.05, 4.69) is 0 Å². The zero-order chi connectivity index (χ0) is 10.3. The van der Waals surface area contributed by atoms with Gasteiger partial charge in [0, 0.05) is 19.7 Å². The highest BCUT2D eigenvalue weighted by Gasteiger charge is 2.30. The van der Waals surface area contributed by atoms with Gasteiger partial charge in [-0.25, -0.2) is 0 Å². The topological polar surface area (TPSA) is 32.7 Å². The SMILES string of the molecule is CN(C)c1c(Cl)ccc2c1COB2O. The van der Waals surface area contributed by atoms with E-state index in [0.29, 0.717) is 11.6 Å². The third-order valence-electron chi connectivity index (χ3n) is 2.37. The number of hydrogen-bond donors (Lipinski definition) is 1. The Hall–Kier alpha value is -0.705. The van der Waals surface area contributed by atoms with E-state index in [-0.39, 0.29) is 0 Å². The Balaban J connectivity index is 2.59. The second-order valence-corrected chi connectivity index (χ2v) is 3.93. The van der Waals surface area contributed by atoms with Crippen molar-refractivity contribution in [3.05, 3.63) is 22.7 Å². The van der Waals surface area contributed by atoms with Crippen LogP contribution in [-0.4, -0.2) is 26.2 Å². The summed E-state index contributed by atoms with van der Waals surface area (Å²) in [7, 11) is 3.04. The Morgan fingerprint density at radius 1 is 1.50 bits per heavy atom. The van der Waals surface area contributed by atoms with Gasteiger partial charge in [-0.15, -0.1) is 0 Å². The van der Waals surface area contributed by atoms with Crippen LogP contribution in [0.5, 0.6) is 0 Å². The second-order valence-electron chi connectivity index (χ2n) is 3.52. The van der Waals surface area contributed by atoms with E-state index in [1.165, 1.54) is 0 Å². The van der Waals surface area contributed by atoms with Crippen LogP contribution in [0.1, 0.15) is 5.56 Å². The molecule has 0 radical (unpaired) electrons. The normalized spacial score (nSPS) is 14.4. The molecule has 1 aromatic rings. The molecule has 5 heteroatoms. The lowest BCUT2D eigenvalue weighted by molar-refractivity contribution is 0.275. The van der Waals surface area contributed by atoms with Crippen molar-refractivity contribution in [3.63, 3.8) is 0 Å². The number of anilines is 1. The minimum atomic E-state index is -0.805. The number of hydrogen-bond acceptors (Lipinski definition) is 3. The Bertz CT molecular complexity index is 370. The van der Waals surface area contributed by atoms with Crippen LogP contribution in [-0.2, 0) is 11.3 Å². The molecule has 0 bridgehead atoms. The molecular weight excluding hydrogens is 200 g/mol. The molecule has 1 aromatic carbocycles. The standard InChI is InChI=1S/C9H11BClNO2/c1-12(2)9-6-5-14-10(13)7(6)3-4-8(9)11/h3-4,13H,5H2,1-2H3. The van der Waals surface area contributed by atoms with E-state index in [9.17, 15) is 5.02 Å². The molecule has 0 spiro atoms. The smallest absolute Gasteiger partial charge is 0.423 e. The fourth-order valence-corrected chi connectivity index (χ4v) is 2.09. The number of rotatable bonds is 1. The summed E-state index contributed by atoms with van der Waals surface area (Å²) in [5.74, 6) is 0. The summed E-state index contributed by atoms with van der Waals surface area (Å²) >= 11 is 6.07. The number of nitrogens with zero attached hydrogens (tertiary/aromatic N) is 1. The molecule has 1 heterocycles. The van der Waals surface area contributed by atoms with Gasteiger partial charge in [0.2, 0.25) is 0 Å². The molecule has 74 valence electrons. The zero-order valence-electron chi connectivity index (χ0n) is 8.12. The highest BCUT2D eigenvalue weighted by atomic mass is 35.5. The van der Waals surface area contributed by atoms with Gasteiger partial charge in [-0.1, -0.05) is 17.7 Å². The van der Waals surface area contributed by atoms with E-state index < -0.39 is 7.12 Å². The van der Waals surface area contributed by atoms with Gasteiger partial charge < -0.3 is 14.6 Å². The van der Waals surface area contributed by atoms with Crippen LogP contribution in [0, 0.1) is 0 Å². The van der Waals surface area contributed by atoms with Crippen molar-refractivity contribution >= 4 is 29.9 Å². The first-order chi connectivity index (χ1) is 6.61. The summed E-state index contributed by atoms with van der Waals surface area (Å²) in [6.07, 6.45) is 0. The largest absolute Gasteiger partial charge is 0.491 e. The summed E-state index contributed by atoms with van der Waals surface area (Å²) < 4.78 is 5.14. The number of fused-ring (bicyclic) bond motifs is 1. The Labute approximate surface area is 88.4 Å². The van der Waals surface area contributed by atoms with Crippen molar-refractivity contribution in [3.8, 4) is 0 Å². The van der Waals surface area contributed by atoms with Crippen molar-refractivity contribution in [2.75, 3.05) is 19.0 Å². The van der Waals surface area contributed by atoms with Crippen molar-refractivity contribution < 1.29 is 9.68 Å². The molecule has 0 aliphatic carbocycles. The molecule has 0 saturated carbocycles. The molecule has 0 aromatic heterocycles. The number of benzene rings is 1. The predicted molar refractivity (Wildman–Crippen MR) is 58.2 cm³/mol. The molecule has 0 saturated heterocycles. The first-order valence-corrected chi connectivity index (χ1v) is 4.77. The summed E-state index contributed by atoms with van der Waals surface area (Å²) in [5.41, 5.74) is 2.73. The average Bonchev–Trinajstić information content (AvgIpc) is 2.47. The van der Waals surface area contributed by atoms with Gasteiger partial charge in [0.25, 0.3) is 0 Å². The fraction of sp³-hybridized carbons (Fsp3) is 0.333. The monoisotopic (exact) mass is 211 g/mol. The maximum absolute atomic E-state index is 9.49. The summed E-state index contributed by atoms with van der Waals surface area (Å²) in [4.78, 5) is 1.93. The zero-order valence-corrected chi connectivity index (χ0v) is 8.88. The first-order valence-electron chi connectivity index (χ1n) is 4.39. The minimum absolute atomic E-state index is 0.421. The van der Waals surface area contributed by atoms with Gasteiger partial charge in [0.05, 0.1) is 17.3 Å². The molecular formula is C9H11BClNO2. The Kier molecular flexibility index (Phi) is 2.43. The lowest BCUT2D eigenvalue weighted by Crippen LogP contribution is -2.28. The lowest BCUT2D eigenvalue weighted by atomic mass is 9.79. The third kappa shape index (κ3) is 1.39. The molecule has 0 unspecified atom stereocenters. The second kappa shape index (κ2) is 3.46. The van der Waals surface area contributed by atoms with Crippen LogP contribution >= 0.6 is 11.6 Å². The average molecular weight is 211 g/mol. The highest BCUT2D eigenvalue weighted by Crippen LogP contribution is 2.30. The van der Waals surface area contributed by atoms with Gasteiger partial charge in [-0.3, -0.25) is 0 Å². The molecule has 0 atom stereocenters. The molecule has 1 aliphatic rings.